The van der Waals surface area contributed by atoms with Gasteiger partial charge in [0.25, 0.3) is 0 Å². The summed E-state index contributed by atoms with van der Waals surface area (Å²) in [6.07, 6.45) is 0.0486. The molecule has 1 aromatic carbocycles. The van der Waals surface area contributed by atoms with Crippen LogP contribution >= 0.6 is 0 Å². The van der Waals surface area contributed by atoms with Crippen molar-refractivity contribution in [3.8, 4) is 0 Å². The molecule has 0 aliphatic carbocycles. The first-order chi connectivity index (χ1) is 13.7. The van der Waals surface area contributed by atoms with E-state index >= 15 is 0 Å². The Morgan fingerprint density at radius 3 is 2.00 bits per heavy atom. The number of carbonyl (C=O) groups is 4. The van der Waals surface area contributed by atoms with Gasteiger partial charge in [-0.3, -0.25) is 14.4 Å². The van der Waals surface area contributed by atoms with Crippen LogP contribution in [0.4, 0.5) is 0 Å². The van der Waals surface area contributed by atoms with Crippen molar-refractivity contribution in [1.29, 1.82) is 0 Å². The number of aliphatic hydroxyl groups excluding tert-OH is 2. The van der Waals surface area contributed by atoms with Crippen LogP contribution in [0, 0.1) is 0 Å². The summed E-state index contributed by atoms with van der Waals surface area (Å²) >= 11 is 0. The molecule has 0 aromatic heterocycles. The summed E-state index contributed by atoms with van der Waals surface area (Å²) in [6, 6.07) is 3.72. The molecule has 0 aliphatic heterocycles. The Kier molecular flexibility index (Phi) is 9.72. The highest BCUT2D eigenvalue weighted by molar-refractivity contribution is 5.94. The predicted molar refractivity (Wildman–Crippen MR) is 101 cm³/mol. The number of aliphatic hydroxyl groups is 2. The van der Waals surface area contributed by atoms with Crippen LogP contribution in [0.5, 0.6) is 0 Å². The Labute approximate surface area is 167 Å². The number of amides is 3. The Morgan fingerprint density at radius 1 is 0.897 bits per heavy atom. The number of benzene rings is 1. The molecule has 0 fully saturated rings. The van der Waals surface area contributed by atoms with Gasteiger partial charge in [0.05, 0.1) is 13.2 Å². The summed E-state index contributed by atoms with van der Waals surface area (Å²) in [7, 11) is 0. The molecule has 0 spiro atoms. The summed E-state index contributed by atoms with van der Waals surface area (Å²) in [5.74, 6) is -3.70. The molecular formula is C18H26N4O7. The topological polar surface area (TPSA) is 191 Å². The van der Waals surface area contributed by atoms with E-state index in [2.05, 4.69) is 16.0 Å². The van der Waals surface area contributed by atoms with E-state index in [0.717, 1.165) is 0 Å². The largest absolute Gasteiger partial charge is 0.480 e. The minimum atomic E-state index is -1.53. The fourth-order valence-electron chi connectivity index (χ4n) is 2.28. The van der Waals surface area contributed by atoms with Crippen LogP contribution in [0.2, 0.25) is 0 Å². The molecule has 0 heterocycles. The Hall–Kier alpha value is -3.02. The lowest BCUT2D eigenvalue weighted by molar-refractivity contribution is -0.143. The molecule has 11 heteroatoms. The maximum absolute atomic E-state index is 12.5. The van der Waals surface area contributed by atoms with Crippen molar-refractivity contribution in [3.05, 3.63) is 35.9 Å². The minimum absolute atomic E-state index is 0.0486. The van der Waals surface area contributed by atoms with Gasteiger partial charge in [-0.15, -0.1) is 0 Å². The van der Waals surface area contributed by atoms with Crippen LogP contribution in [-0.2, 0) is 25.6 Å². The van der Waals surface area contributed by atoms with E-state index in [4.69, 9.17) is 21.1 Å². The first kappa shape index (κ1) is 24.0. The smallest absolute Gasteiger partial charge is 0.328 e. The second kappa shape index (κ2) is 11.7. The van der Waals surface area contributed by atoms with Crippen LogP contribution in [0.25, 0.3) is 0 Å². The van der Waals surface area contributed by atoms with Crippen molar-refractivity contribution >= 4 is 23.7 Å². The van der Waals surface area contributed by atoms with Crippen molar-refractivity contribution in [2.75, 3.05) is 13.2 Å². The number of carboxylic acid groups (broad SMARTS) is 1. The highest BCUT2D eigenvalue weighted by Crippen LogP contribution is 2.05. The number of aliphatic carboxylic acids is 1. The van der Waals surface area contributed by atoms with Crippen molar-refractivity contribution in [3.63, 3.8) is 0 Å². The highest BCUT2D eigenvalue weighted by Gasteiger charge is 2.28. The zero-order valence-corrected chi connectivity index (χ0v) is 15.9. The maximum atomic E-state index is 12.5. The lowest BCUT2D eigenvalue weighted by Gasteiger charge is -2.23. The fraction of sp³-hybridized carbons (Fsp3) is 0.444. The Morgan fingerprint density at radius 2 is 1.48 bits per heavy atom. The Bertz CT molecular complexity index is 713. The van der Waals surface area contributed by atoms with Gasteiger partial charge >= 0.3 is 5.97 Å². The van der Waals surface area contributed by atoms with E-state index < -0.39 is 61.1 Å². The lowest BCUT2D eigenvalue weighted by atomic mass is 10.0. The molecule has 3 amide bonds. The third-order valence-corrected chi connectivity index (χ3v) is 4.00. The molecule has 0 saturated heterocycles. The first-order valence-electron chi connectivity index (χ1n) is 8.84. The monoisotopic (exact) mass is 410 g/mol. The van der Waals surface area contributed by atoms with Crippen LogP contribution in [0.1, 0.15) is 12.5 Å². The van der Waals surface area contributed by atoms with Gasteiger partial charge in [0.2, 0.25) is 17.7 Å². The van der Waals surface area contributed by atoms with Gasteiger partial charge in [0.15, 0.2) is 0 Å². The molecule has 160 valence electrons. The summed E-state index contributed by atoms with van der Waals surface area (Å²) in [4.78, 5) is 47.7. The van der Waals surface area contributed by atoms with Gasteiger partial charge in [-0.1, -0.05) is 30.3 Å². The molecule has 4 atom stereocenters. The predicted octanol–water partition coefficient (Wildman–Crippen LogP) is -2.90. The molecule has 1 aromatic rings. The second-order valence-corrected chi connectivity index (χ2v) is 6.35. The highest BCUT2D eigenvalue weighted by atomic mass is 16.4. The number of nitrogens with two attached hydrogens (primary N) is 1. The summed E-state index contributed by atoms with van der Waals surface area (Å²) in [5.41, 5.74) is 6.07. The van der Waals surface area contributed by atoms with Crippen molar-refractivity contribution in [2.45, 2.75) is 37.5 Å². The number of rotatable bonds is 11. The van der Waals surface area contributed by atoms with Crippen molar-refractivity contribution in [2.24, 2.45) is 5.73 Å². The van der Waals surface area contributed by atoms with Crippen LogP contribution in [0.15, 0.2) is 30.3 Å². The number of carboxylic acids is 1. The molecule has 1 rings (SSSR count). The van der Waals surface area contributed by atoms with Gasteiger partial charge in [-0.05, 0) is 12.5 Å². The Balaban J connectivity index is 2.89. The zero-order chi connectivity index (χ0) is 22.0. The summed E-state index contributed by atoms with van der Waals surface area (Å²) in [6.45, 7) is -0.0574. The minimum Gasteiger partial charge on any atom is -0.480 e. The van der Waals surface area contributed by atoms with Crippen LogP contribution in [0.3, 0.4) is 0 Å². The first-order valence-corrected chi connectivity index (χ1v) is 8.84. The quantitative estimate of drug-likeness (QED) is 0.202. The molecule has 0 bridgehead atoms. The molecule has 29 heavy (non-hydrogen) atoms. The van der Waals surface area contributed by atoms with Crippen LogP contribution in [-0.4, -0.2) is 76.4 Å². The van der Waals surface area contributed by atoms with E-state index in [1.165, 1.54) is 6.92 Å². The molecule has 8 N–H and O–H groups in total. The van der Waals surface area contributed by atoms with E-state index in [-0.39, 0.29) is 6.42 Å². The van der Waals surface area contributed by atoms with Crippen molar-refractivity contribution in [1.82, 2.24) is 16.0 Å². The number of nitrogens with one attached hydrogen (secondary N) is 3. The fourth-order valence-corrected chi connectivity index (χ4v) is 2.28. The number of hydrogen-bond acceptors (Lipinski definition) is 7. The number of carbonyl (C=O) groups excluding carboxylic acids is 3. The van der Waals surface area contributed by atoms with Gasteiger partial charge in [0, 0.05) is 6.42 Å². The van der Waals surface area contributed by atoms with E-state index in [9.17, 15) is 19.2 Å². The second-order valence-electron chi connectivity index (χ2n) is 6.35. The van der Waals surface area contributed by atoms with E-state index in [0.29, 0.717) is 5.56 Å². The molecule has 0 saturated carbocycles. The SMILES string of the molecule is CC(NC(=O)C(N)CO)C(=O)NC(Cc1ccccc1)C(=O)NC(CO)C(=O)O. The van der Waals surface area contributed by atoms with Gasteiger partial charge < -0.3 is 37.0 Å². The third-order valence-electron chi connectivity index (χ3n) is 4.00. The molecule has 0 aliphatic rings. The average molecular weight is 410 g/mol. The van der Waals surface area contributed by atoms with E-state index in [1.54, 1.807) is 30.3 Å². The molecular weight excluding hydrogens is 384 g/mol. The van der Waals surface area contributed by atoms with Gasteiger partial charge in [-0.25, -0.2) is 4.79 Å². The lowest BCUT2D eigenvalue weighted by Crippen LogP contribution is -2.57. The van der Waals surface area contributed by atoms with E-state index in [1.807, 2.05) is 0 Å². The molecule has 11 nitrogen and oxygen atoms in total. The average Bonchev–Trinajstić information content (AvgIpc) is 2.70. The molecule has 0 radical (unpaired) electrons. The van der Waals surface area contributed by atoms with Crippen molar-refractivity contribution < 1.29 is 34.5 Å². The van der Waals surface area contributed by atoms with Gasteiger partial charge in [0.1, 0.15) is 24.2 Å². The zero-order valence-electron chi connectivity index (χ0n) is 15.9. The number of hydrogen-bond donors (Lipinski definition) is 7. The van der Waals surface area contributed by atoms with Crippen LogP contribution < -0.4 is 21.7 Å². The maximum Gasteiger partial charge on any atom is 0.328 e. The standard InChI is InChI=1S/C18H26N4O7/c1-10(20-16(26)12(19)8-23)15(25)21-13(7-11-5-3-2-4-6-11)17(27)22-14(9-24)18(28)29/h2-6,10,12-14,23-24H,7-9,19H2,1H3,(H,20,26)(H,21,25)(H,22,27)(H,28,29). The normalized spacial score (nSPS) is 14.8. The third kappa shape index (κ3) is 7.86. The molecule has 4 unspecified atom stereocenters. The summed E-state index contributed by atoms with van der Waals surface area (Å²) in [5, 5.41) is 33.9. The summed E-state index contributed by atoms with van der Waals surface area (Å²) < 4.78 is 0. The van der Waals surface area contributed by atoms with Gasteiger partial charge in [-0.2, -0.15) is 0 Å².